The van der Waals surface area contributed by atoms with E-state index in [-0.39, 0.29) is 5.92 Å². The second-order valence-corrected chi connectivity index (χ2v) is 12.7. The Kier molecular flexibility index (Phi) is 7.77. The lowest BCUT2D eigenvalue weighted by Crippen LogP contribution is -2.26. The van der Waals surface area contributed by atoms with E-state index < -0.39 is 0 Å². The number of anilines is 1. The maximum absolute atomic E-state index is 10.7. The van der Waals surface area contributed by atoms with Gasteiger partial charge in [-0.3, -0.25) is 0 Å². The van der Waals surface area contributed by atoms with Crippen LogP contribution in [-0.2, 0) is 0 Å². The molecule has 1 atom stereocenters. The summed E-state index contributed by atoms with van der Waals surface area (Å²) >= 11 is 0. The molecule has 5 heteroatoms. The van der Waals surface area contributed by atoms with Crippen molar-refractivity contribution in [3.05, 3.63) is 179 Å². The van der Waals surface area contributed by atoms with E-state index in [0.717, 1.165) is 61.1 Å². The van der Waals surface area contributed by atoms with Gasteiger partial charge in [-0.2, -0.15) is 15.8 Å². The van der Waals surface area contributed by atoms with Crippen LogP contribution < -0.4 is 4.90 Å². The van der Waals surface area contributed by atoms with Crippen LogP contribution in [0.2, 0.25) is 0 Å². The highest BCUT2D eigenvalue weighted by molar-refractivity contribution is 6.10. The lowest BCUT2D eigenvalue weighted by molar-refractivity contribution is 0.881. The molecule has 8 rings (SSSR count). The van der Waals surface area contributed by atoms with Gasteiger partial charge in [-0.1, -0.05) is 85.0 Å². The number of nitrogens with zero attached hydrogens (tertiary/aromatic N) is 5. The van der Waals surface area contributed by atoms with Crippen molar-refractivity contribution in [2.75, 3.05) is 4.90 Å². The maximum atomic E-state index is 10.7. The molecule has 0 spiro atoms. The third kappa shape index (κ3) is 5.07. The Hall–Kier alpha value is -7.13. The molecule has 5 aromatic carbocycles. The van der Waals surface area contributed by atoms with Crippen molar-refractivity contribution in [3.8, 4) is 46.1 Å². The summed E-state index contributed by atoms with van der Waals surface area (Å²) in [4.78, 5) is 2.32. The van der Waals surface area contributed by atoms with Crippen molar-refractivity contribution in [3.63, 3.8) is 0 Å². The molecular weight excluding hydrogens is 623 g/mol. The molecule has 2 bridgehead atoms. The first kappa shape index (κ1) is 31.2. The van der Waals surface area contributed by atoms with Gasteiger partial charge < -0.3 is 9.47 Å². The van der Waals surface area contributed by atoms with Gasteiger partial charge in [0.15, 0.2) is 0 Å². The zero-order valence-electron chi connectivity index (χ0n) is 28.2. The summed E-state index contributed by atoms with van der Waals surface area (Å²) in [5.74, 6) is 0.234. The van der Waals surface area contributed by atoms with Gasteiger partial charge in [-0.15, -0.1) is 0 Å². The first-order chi connectivity index (χ1) is 25.1. The molecule has 1 unspecified atom stereocenters. The Balaban J connectivity index is 1.37. The molecule has 240 valence electrons. The van der Waals surface area contributed by atoms with E-state index in [9.17, 15) is 15.8 Å². The quantitative estimate of drug-likeness (QED) is 0.185. The molecule has 0 amide bonds. The number of fused-ring (bicyclic) bond motifs is 4. The fourth-order valence-corrected chi connectivity index (χ4v) is 7.50. The zero-order chi connectivity index (χ0) is 35.1. The van der Waals surface area contributed by atoms with Crippen molar-refractivity contribution in [1.82, 2.24) is 4.57 Å². The molecule has 6 aromatic rings. The largest absolute Gasteiger partial charge is 0.311 e. The van der Waals surface area contributed by atoms with Crippen molar-refractivity contribution in [2.24, 2.45) is 5.92 Å². The van der Waals surface area contributed by atoms with Crippen LogP contribution in [0.1, 0.15) is 30.5 Å². The Morgan fingerprint density at radius 1 is 0.706 bits per heavy atom. The Morgan fingerprint density at radius 2 is 1.51 bits per heavy atom. The summed E-state index contributed by atoms with van der Waals surface area (Å²) in [6.45, 7) is 4.25. The van der Waals surface area contributed by atoms with Crippen LogP contribution in [0.3, 0.4) is 0 Å². The fraction of sp³-hybridized carbons (Fsp3) is 0.0652. The fourth-order valence-electron chi connectivity index (χ4n) is 7.50. The van der Waals surface area contributed by atoms with E-state index in [1.54, 1.807) is 12.1 Å². The summed E-state index contributed by atoms with van der Waals surface area (Å²) < 4.78 is 2.08. The summed E-state index contributed by atoms with van der Waals surface area (Å²) in [5, 5.41) is 32.5. The predicted molar refractivity (Wildman–Crippen MR) is 206 cm³/mol. The highest BCUT2D eigenvalue weighted by Crippen LogP contribution is 2.43. The van der Waals surface area contributed by atoms with Crippen molar-refractivity contribution >= 4 is 27.5 Å². The van der Waals surface area contributed by atoms with Crippen LogP contribution in [0.4, 0.5) is 5.69 Å². The number of hydrogen-bond donors (Lipinski definition) is 0. The van der Waals surface area contributed by atoms with E-state index in [1.807, 2.05) is 61.5 Å². The summed E-state index contributed by atoms with van der Waals surface area (Å²) in [7, 11) is 0. The van der Waals surface area contributed by atoms with Gasteiger partial charge in [-0.25, -0.2) is 0 Å². The molecule has 5 nitrogen and oxygen atoms in total. The zero-order valence-corrected chi connectivity index (χ0v) is 28.2. The highest BCUT2D eigenvalue weighted by atomic mass is 15.2. The minimum absolute atomic E-state index is 0.234. The van der Waals surface area contributed by atoms with E-state index >= 15 is 0 Å². The first-order valence-corrected chi connectivity index (χ1v) is 16.9. The van der Waals surface area contributed by atoms with E-state index in [0.29, 0.717) is 22.4 Å². The molecule has 2 heterocycles. The summed E-state index contributed by atoms with van der Waals surface area (Å²) in [6, 6.07) is 41.1. The van der Waals surface area contributed by atoms with Crippen molar-refractivity contribution in [1.29, 1.82) is 15.8 Å². The number of para-hydroxylation sites is 1. The van der Waals surface area contributed by atoms with Gasteiger partial charge in [-0.05, 0) is 96.8 Å². The molecule has 0 saturated carbocycles. The number of hydrogen-bond acceptors (Lipinski definition) is 4. The monoisotopic (exact) mass is 653 g/mol. The summed E-state index contributed by atoms with van der Waals surface area (Å²) in [6.07, 6.45) is 15.2. The topological polar surface area (TPSA) is 79.5 Å². The van der Waals surface area contributed by atoms with Crippen molar-refractivity contribution < 1.29 is 0 Å². The molecule has 51 heavy (non-hydrogen) atoms. The first-order valence-electron chi connectivity index (χ1n) is 16.9. The Morgan fingerprint density at radius 3 is 2.31 bits per heavy atom. The average molecular weight is 654 g/mol. The number of rotatable bonds is 5. The number of nitriles is 3. The summed E-state index contributed by atoms with van der Waals surface area (Å²) in [5.41, 5.74) is 11.9. The third-order valence-corrected chi connectivity index (χ3v) is 9.84. The predicted octanol–water partition coefficient (Wildman–Crippen LogP) is 11.0. The minimum Gasteiger partial charge on any atom is -0.311 e. The standard InChI is InChI=1S/C46H31N5/c1-3-11-43-30(2)32-12-4-5-14-35(25-32)50(43)36-15-10-13-33(26-36)37-16-6-7-17-38(37)40-22-21-34(28-48)42(29-49)46(40)51-44-19-9-8-18-39(44)41-24-31(27-47)20-23-45(41)51/h3-26,32H,1-2H3/b11-3-. The molecule has 1 aliphatic carbocycles. The molecule has 0 fully saturated rings. The third-order valence-electron chi connectivity index (χ3n) is 9.84. The average Bonchev–Trinajstić information content (AvgIpc) is 3.33. The van der Waals surface area contributed by atoms with Crippen molar-refractivity contribution in [2.45, 2.75) is 13.8 Å². The molecule has 1 aromatic heterocycles. The highest BCUT2D eigenvalue weighted by Gasteiger charge is 2.26. The van der Waals surface area contributed by atoms with Crippen LogP contribution in [-0.4, -0.2) is 4.57 Å². The van der Waals surface area contributed by atoms with Crippen LogP contribution in [0, 0.1) is 39.9 Å². The number of aromatic nitrogens is 1. The van der Waals surface area contributed by atoms with Gasteiger partial charge in [0.25, 0.3) is 0 Å². The number of allylic oxidation sites excluding steroid dienone is 8. The maximum Gasteiger partial charge on any atom is 0.103 e. The molecular formula is C46H31N5. The molecule has 0 N–H and O–H groups in total. The number of benzene rings is 5. The van der Waals surface area contributed by atoms with Gasteiger partial charge in [0.2, 0.25) is 0 Å². The molecule has 2 aliphatic rings. The second-order valence-electron chi connectivity index (χ2n) is 12.7. The van der Waals surface area contributed by atoms with E-state index in [2.05, 4.69) is 114 Å². The van der Waals surface area contributed by atoms with Crippen LogP contribution in [0.25, 0.3) is 49.7 Å². The Labute approximate surface area is 297 Å². The van der Waals surface area contributed by atoms with Gasteiger partial charge in [0, 0.05) is 39.3 Å². The lowest BCUT2D eigenvalue weighted by Gasteiger charge is -2.34. The normalized spacial score (nSPS) is 15.2. The van der Waals surface area contributed by atoms with Crippen LogP contribution >= 0.6 is 0 Å². The van der Waals surface area contributed by atoms with Gasteiger partial charge in [0.1, 0.15) is 12.1 Å². The van der Waals surface area contributed by atoms with E-state index in [4.69, 9.17) is 0 Å². The minimum atomic E-state index is 0.234. The Bertz CT molecular complexity index is 2710. The van der Waals surface area contributed by atoms with Gasteiger partial charge in [0.05, 0.1) is 39.5 Å². The van der Waals surface area contributed by atoms with Crippen LogP contribution in [0.15, 0.2) is 163 Å². The SMILES string of the molecule is C/C=C\C1=C(C)C2C=CC=CC(=C2)N1c1cccc(-c2ccccc2-c2ccc(C#N)c(C#N)c2-n2c3ccccc3c3cc(C#N)ccc32)c1. The molecule has 0 saturated heterocycles. The molecule has 1 aliphatic heterocycles. The lowest BCUT2D eigenvalue weighted by atomic mass is 9.90. The second kappa shape index (κ2) is 12.7. The molecule has 0 radical (unpaired) electrons. The van der Waals surface area contributed by atoms with Gasteiger partial charge >= 0.3 is 0 Å². The van der Waals surface area contributed by atoms with Crippen LogP contribution in [0.5, 0.6) is 0 Å². The van der Waals surface area contributed by atoms with E-state index in [1.165, 1.54) is 5.57 Å². The smallest absolute Gasteiger partial charge is 0.103 e.